The normalized spacial score (nSPS) is 18.8. The number of nitrogens with zero attached hydrogens (tertiary/aromatic N) is 4. The fourth-order valence-electron chi connectivity index (χ4n) is 3.04. The maximum Gasteiger partial charge on any atom is 0.494 e. The molecule has 0 N–H and O–H groups in total. The van der Waals surface area contributed by atoms with Crippen LogP contribution in [0.3, 0.4) is 0 Å². The van der Waals surface area contributed by atoms with Gasteiger partial charge in [0.25, 0.3) is 0 Å². The summed E-state index contributed by atoms with van der Waals surface area (Å²) >= 11 is 0. The minimum atomic E-state index is -0.394. The van der Waals surface area contributed by atoms with Crippen LogP contribution >= 0.6 is 0 Å². The zero-order valence-corrected chi connectivity index (χ0v) is 15.1. The van der Waals surface area contributed by atoms with Gasteiger partial charge in [-0.2, -0.15) is 5.10 Å². The maximum atomic E-state index is 6.18. The van der Waals surface area contributed by atoms with Gasteiger partial charge >= 0.3 is 7.12 Å². The number of rotatable bonds is 2. The summed E-state index contributed by atoms with van der Waals surface area (Å²) < 4.78 is 14.2. The fraction of sp³-hybridized carbons (Fsp3) is 0.389. The monoisotopic (exact) mass is 336 g/mol. The molecule has 25 heavy (non-hydrogen) atoms. The first kappa shape index (κ1) is 16.2. The third kappa shape index (κ3) is 2.55. The van der Waals surface area contributed by atoms with Crippen molar-refractivity contribution in [2.24, 2.45) is 7.05 Å². The van der Waals surface area contributed by atoms with Crippen LogP contribution in [0.25, 0.3) is 22.2 Å². The van der Waals surface area contributed by atoms with Gasteiger partial charge in [0.05, 0.1) is 16.7 Å². The molecule has 0 saturated carbocycles. The van der Waals surface area contributed by atoms with E-state index in [4.69, 9.17) is 9.31 Å². The van der Waals surface area contributed by atoms with E-state index in [1.54, 1.807) is 12.4 Å². The van der Waals surface area contributed by atoms with Gasteiger partial charge in [-0.1, -0.05) is 12.1 Å². The molecule has 2 aromatic heterocycles. The summed E-state index contributed by atoms with van der Waals surface area (Å²) in [5.74, 6) is 0. The largest absolute Gasteiger partial charge is 0.494 e. The van der Waals surface area contributed by atoms with E-state index in [9.17, 15) is 0 Å². The molecule has 128 valence electrons. The number of hydrogen-bond acceptors (Lipinski definition) is 5. The first-order valence-corrected chi connectivity index (χ1v) is 8.36. The quantitative estimate of drug-likeness (QED) is 0.672. The van der Waals surface area contributed by atoms with E-state index < -0.39 is 7.12 Å². The summed E-state index contributed by atoms with van der Waals surface area (Å²) in [7, 11) is 1.54. The van der Waals surface area contributed by atoms with Crippen LogP contribution in [0.15, 0.2) is 36.9 Å². The molecule has 1 saturated heterocycles. The van der Waals surface area contributed by atoms with E-state index in [-0.39, 0.29) is 11.2 Å². The van der Waals surface area contributed by atoms with Crippen molar-refractivity contribution in [3.63, 3.8) is 0 Å². The zero-order chi connectivity index (χ0) is 17.8. The highest BCUT2D eigenvalue weighted by molar-refractivity contribution is 6.62. The van der Waals surface area contributed by atoms with Crippen LogP contribution in [0.5, 0.6) is 0 Å². The number of aromatic nitrogens is 4. The minimum Gasteiger partial charge on any atom is -0.399 e. The standard InChI is InChI=1S/C18H21BN4O2/c1-17(2)18(3,4)25-19(24-17)13-6-7-15-14(8-13)16(22-23(15)5)12-9-20-11-21-10-12/h6-11H,1-5H3. The molecule has 7 heteroatoms. The Labute approximate surface area is 147 Å². The number of hydrogen-bond donors (Lipinski definition) is 0. The zero-order valence-electron chi connectivity index (χ0n) is 15.1. The Kier molecular flexibility index (Phi) is 3.49. The Hall–Kier alpha value is -2.25. The highest BCUT2D eigenvalue weighted by atomic mass is 16.7. The molecule has 1 aliphatic heterocycles. The van der Waals surface area contributed by atoms with Gasteiger partial charge in [-0.15, -0.1) is 0 Å². The summed E-state index contributed by atoms with van der Waals surface area (Å²) in [6.07, 6.45) is 5.07. The average Bonchev–Trinajstić information content (AvgIpc) is 3.01. The van der Waals surface area contributed by atoms with Crippen molar-refractivity contribution >= 4 is 23.5 Å². The smallest absolute Gasteiger partial charge is 0.399 e. The lowest BCUT2D eigenvalue weighted by Gasteiger charge is -2.32. The van der Waals surface area contributed by atoms with Gasteiger partial charge in [0.15, 0.2) is 0 Å². The van der Waals surface area contributed by atoms with Crippen LogP contribution in [-0.2, 0) is 16.4 Å². The summed E-state index contributed by atoms with van der Waals surface area (Å²) in [6.45, 7) is 8.23. The maximum absolute atomic E-state index is 6.18. The third-order valence-corrected chi connectivity index (χ3v) is 5.23. The van der Waals surface area contributed by atoms with Gasteiger partial charge in [0.1, 0.15) is 12.0 Å². The van der Waals surface area contributed by atoms with E-state index in [0.717, 1.165) is 27.6 Å². The van der Waals surface area contributed by atoms with Gasteiger partial charge < -0.3 is 9.31 Å². The molecule has 0 radical (unpaired) electrons. The average molecular weight is 336 g/mol. The van der Waals surface area contributed by atoms with Gasteiger partial charge in [-0.05, 0) is 39.2 Å². The Morgan fingerprint density at radius 3 is 2.28 bits per heavy atom. The third-order valence-electron chi connectivity index (χ3n) is 5.23. The van der Waals surface area contributed by atoms with Crippen molar-refractivity contribution in [1.29, 1.82) is 0 Å². The Bertz CT molecular complexity index is 921. The minimum absolute atomic E-state index is 0.363. The fourth-order valence-corrected chi connectivity index (χ4v) is 3.04. The predicted molar refractivity (Wildman–Crippen MR) is 97.5 cm³/mol. The van der Waals surface area contributed by atoms with Crippen LogP contribution in [0, 0.1) is 0 Å². The molecular weight excluding hydrogens is 315 g/mol. The molecule has 6 nitrogen and oxygen atoms in total. The van der Waals surface area contributed by atoms with E-state index in [1.165, 1.54) is 6.33 Å². The van der Waals surface area contributed by atoms with Crippen LogP contribution in [0.4, 0.5) is 0 Å². The van der Waals surface area contributed by atoms with Crippen molar-refractivity contribution in [2.45, 2.75) is 38.9 Å². The first-order chi connectivity index (χ1) is 11.8. The molecule has 0 bridgehead atoms. The van der Waals surface area contributed by atoms with Crippen molar-refractivity contribution in [2.75, 3.05) is 0 Å². The van der Waals surface area contributed by atoms with Gasteiger partial charge in [-0.25, -0.2) is 9.97 Å². The molecule has 0 spiro atoms. The number of aryl methyl sites for hydroxylation is 1. The molecule has 0 aliphatic carbocycles. The van der Waals surface area contributed by atoms with Crippen molar-refractivity contribution < 1.29 is 9.31 Å². The molecular formula is C18H21BN4O2. The Morgan fingerprint density at radius 1 is 1.00 bits per heavy atom. The molecule has 0 amide bonds. The highest BCUT2D eigenvalue weighted by Crippen LogP contribution is 2.37. The van der Waals surface area contributed by atoms with Crippen LogP contribution < -0.4 is 5.46 Å². The summed E-state index contributed by atoms with van der Waals surface area (Å²) in [5.41, 5.74) is 3.04. The molecule has 1 aliphatic rings. The molecule has 3 aromatic rings. The lowest BCUT2D eigenvalue weighted by atomic mass is 9.78. The van der Waals surface area contributed by atoms with Crippen molar-refractivity contribution in [3.8, 4) is 11.3 Å². The van der Waals surface area contributed by atoms with Crippen LogP contribution in [0.2, 0.25) is 0 Å². The van der Waals surface area contributed by atoms with Crippen LogP contribution in [-0.4, -0.2) is 38.1 Å². The van der Waals surface area contributed by atoms with Gasteiger partial charge in [-0.3, -0.25) is 4.68 Å². The number of benzene rings is 1. The lowest BCUT2D eigenvalue weighted by Crippen LogP contribution is -2.41. The lowest BCUT2D eigenvalue weighted by molar-refractivity contribution is 0.00578. The van der Waals surface area contributed by atoms with Gasteiger partial charge in [0, 0.05) is 30.4 Å². The molecule has 3 heterocycles. The second-order valence-corrected chi connectivity index (χ2v) is 7.46. The predicted octanol–water partition coefficient (Wildman–Crippen LogP) is 2.33. The molecule has 1 fully saturated rings. The summed E-state index contributed by atoms with van der Waals surface area (Å²) in [6, 6.07) is 6.18. The summed E-state index contributed by atoms with van der Waals surface area (Å²) in [5, 5.41) is 5.67. The molecule has 0 atom stereocenters. The van der Waals surface area contributed by atoms with Gasteiger partial charge in [0.2, 0.25) is 0 Å². The topological polar surface area (TPSA) is 62.1 Å². The summed E-state index contributed by atoms with van der Waals surface area (Å²) in [4.78, 5) is 8.21. The number of fused-ring (bicyclic) bond motifs is 1. The van der Waals surface area contributed by atoms with E-state index >= 15 is 0 Å². The molecule has 4 rings (SSSR count). The van der Waals surface area contributed by atoms with E-state index in [2.05, 4.69) is 54.9 Å². The molecule has 0 unspecified atom stereocenters. The SMILES string of the molecule is Cn1nc(-c2cncnc2)c2cc(B3OC(C)(C)C(C)(C)O3)ccc21. The molecule has 1 aromatic carbocycles. The van der Waals surface area contributed by atoms with E-state index in [1.807, 2.05) is 17.8 Å². The van der Waals surface area contributed by atoms with Crippen molar-refractivity contribution in [3.05, 3.63) is 36.9 Å². The van der Waals surface area contributed by atoms with E-state index in [0.29, 0.717) is 0 Å². The van der Waals surface area contributed by atoms with Crippen LogP contribution in [0.1, 0.15) is 27.7 Å². The Balaban J connectivity index is 1.81. The highest BCUT2D eigenvalue weighted by Gasteiger charge is 2.51. The second kappa shape index (κ2) is 5.38. The first-order valence-electron chi connectivity index (χ1n) is 8.36. The Morgan fingerprint density at radius 2 is 1.64 bits per heavy atom. The second-order valence-electron chi connectivity index (χ2n) is 7.46. The van der Waals surface area contributed by atoms with Crippen molar-refractivity contribution in [1.82, 2.24) is 19.7 Å².